The Morgan fingerprint density at radius 1 is 1.28 bits per heavy atom. The van der Waals surface area contributed by atoms with E-state index >= 15 is 0 Å². The third-order valence-electron chi connectivity index (χ3n) is 4.56. The number of carboxylic acids is 1. The van der Waals surface area contributed by atoms with Crippen molar-refractivity contribution in [2.24, 2.45) is 5.92 Å². The van der Waals surface area contributed by atoms with Crippen LogP contribution < -0.4 is 4.74 Å². The molecule has 1 saturated carbocycles. The largest absolute Gasteiger partial charge is 0.493 e. The third kappa shape index (κ3) is 1.53. The second-order valence-corrected chi connectivity index (χ2v) is 5.35. The average molecular weight is 246 g/mol. The standard InChI is InChI=1S/C15H18O3/c16-14(17)15(11-5-1-2-6-11)9-10-18-13-8-4-3-7-12(13)15/h3-4,7-8,11H,1-2,5-6,9-10H2,(H,16,17). The Balaban J connectivity index is 2.13. The van der Waals surface area contributed by atoms with Gasteiger partial charge in [0, 0.05) is 12.0 Å². The van der Waals surface area contributed by atoms with Crippen molar-refractivity contribution in [3.63, 3.8) is 0 Å². The first kappa shape index (κ1) is 11.6. The van der Waals surface area contributed by atoms with Crippen molar-refractivity contribution < 1.29 is 14.6 Å². The highest BCUT2D eigenvalue weighted by atomic mass is 16.5. The molecule has 1 aliphatic carbocycles. The van der Waals surface area contributed by atoms with Crippen LogP contribution in [0, 0.1) is 5.92 Å². The van der Waals surface area contributed by atoms with Crippen molar-refractivity contribution in [3.05, 3.63) is 29.8 Å². The van der Waals surface area contributed by atoms with Crippen molar-refractivity contribution in [3.8, 4) is 5.75 Å². The summed E-state index contributed by atoms with van der Waals surface area (Å²) in [7, 11) is 0. The first-order valence-electron chi connectivity index (χ1n) is 6.71. The van der Waals surface area contributed by atoms with Crippen LogP contribution >= 0.6 is 0 Å². The van der Waals surface area contributed by atoms with Crippen LogP contribution in [-0.2, 0) is 10.2 Å². The smallest absolute Gasteiger partial charge is 0.314 e. The Labute approximate surface area is 107 Å². The lowest BCUT2D eigenvalue weighted by molar-refractivity contribution is -0.147. The summed E-state index contributed by atoms with van der Waals surface area (Å²) >= 11 is 0. The minimum atomic E-state index is -0.717. The third-order valence-corrected chi connectivity index (χ3v) is 4.56. The van der Waals surface area contributed by atoms with Gasteiger partial charge in [-0.05, 0) is 24.8 Å². The molecule has 1 aliphatic heterocycles. The van der Waals surface area contributed by atoms with Crippen LogP contribution in [0.25, 0.3) is 0 Å². The van der Waals surface area contributed by atoms with E-state index in [1.165, 1.54) is 0 Å². The zero-order valence-corrected chi connectivity index (χ0v) is 10.4. The Morgan fingerprint density at radius 2 is 2.00 bits per heavy atom. The van der Waals surface area contributed by atoms with Gasteiger partial charge in [0.25, 0.3) is 0 Å². The Bertz CT molecular complexity index is 463. The van der Waals surface area contributed by atoms with E-state index in [2.05, 4.69) is 0 Å². The van der Waals surface area contributed by atoms with Gasteiger partial charge < -0.3 is 9.84 Å². The summed E-state index contributed by atoms with van der Waals surface area (Å²) in [6, 6.07) is 7.65. The van der Waals surface area contributed by atoms with E-state index in [1.807, 2.05) is 24.3 Å². The molecule has 18 heavy (non-hydrogen) atoms. The first-order valence-corrected chi connectivity index (χ1v) is 6.71. The monoisotopic (exact) mass is 246 g/mol. The zero-order valence-electron chi connectivity index (χ0n) is 10.4. The van der Waals surface area contributed by atoms with E-state index in [1.54, 1.807) is 0 Å². The minimum absolute atomic E-state index is 0.264. The van der Waals surface area contributed by atoms with Crippen LogP contribution in [0.1, 0.15) is 37.7 Å². The summed E-state index contributed by atoms with van der Waals surface area (Å²) in [6.07, 6.45) is 4.97. The number of para-hydroxylation sites is 1. The van der Waals surface area contributed by atoms with Gasteiger partial charge in [-0.25, -0.2) is 0 Å². The van der Waals surface area contributed by atoms with Gasteiger partial charge in [0.2, 0.25) is 0 Å². The number of carboxylic acid groups (broad SMARTS) is 1. The molecule has 0 amide bonds. The fraction of sp³-hybridized carbons (Fsp3) is 0.533. The number of hydrogen-bond donors (Lipinski definition) is 1. The molecule has 0 saturated heterocycles. The maximum absolute atomic E-state index is 12.0. The van der Waals surface area contributed by atoms with Crippen LogP contribution in [0.2, 0.25) is 0 Å². The average Bonchev–Trinajstić information content (AvgIpc) is 2.92. The van der Waals surface area contributed by atoms with E-state index in [9.17, 15) is 9.90 Å². The molecular weight excluding hydrogens is 228 g/mol. The molecule has 0 spiro atoms. The zero-order chi connectivity index (χ0) is 12.6. The molecule has 3 rings (SSSR count). The lowest BCUT2D eigenvalue weighted by atomic mass is 9.66. The fourth-order valence-corrected chi connectivity index (χ4v) is 3.66. The number of ether oxygens (including phenoxy) is 1. The van der Waals surface area contributed by atoms with E-state index in [4.69, 9.17) is 4.74 Å². The van der Waals surface area contributed by atoms with E-state index < -0.39 is 11.4 Å². The van der Waals surface area contributed by atoms with Crippen LogP contribution in [0.3, 0.4) is 0 Å². The predicted molar refractivity (Wildman–Crippen MR) is 67.8 cm³/mol. The SMILES string of the molecule is O=C(O)C1(C2CCCC2)CCOc2ccccc21. The number of rotatable bonds is 2. The summed E-state index contributed by atoms with van der Waals surface area (Å²) in [5, 5.41) is 9.84. The molecule has 1 atom stereocenters. The number of aliphatic carboxylic acids is 1. The Morgan fingerprint density at radius 3 is 2.72 bits per heavy atom. The molecule has 1 aromatic rings. The Hall–Kier alpha value is -1.51. The number of hydrogen-bond acceptors (Lipinski definition) is 2. The summed E-state index contributed by atoms with van der Waals surface area (Å²) in [6.45, 7) is 0.514. The van der Waals surface area contributed by atoms with Gasteiger partial charge >= 0.3 is 5.97 Å². The quantitative estimate of drug-likeness (QED) is 0.872. The summed E-state index contributed by atoms with van der Waals surface area (Å²) in [4.78, 5) is 12.0. The number of carbonyl (C=O) groups is 1. The molecule has 2 aliphatic rings. The summed E-state index contributed by atoms with van der Waals surface area (Å²) in [5.41, 5.74) is 0.168. The van der Waals surface area contributed by atoms with Gasteiger partial charge in [0.1, 0.15) is 11.2 Å². The highest BCUT2D eigenvalue weighted by Gasteiger charge is 2.50. The van der Waals surface area contributed by atoms with Gasteiger partial charge in [0.05, 0.1) is 6.61 Å². The van der Waals surface area contributed by atoms with E-state index in [0.29, 0.717) is 13.0 Å². The molecule has 1 fully saturated rings. The van der Waals surface area contributed by atoms with Gasteiger partial charge in [-0.15, -0.1) is 0 Å². The molecule has 0 radical (unpaired) electrons. The summed E-state index contributed by atoms with van der Waals surface area (Å²) < 4.78 is 5.63. The molecule has 0 aromatic heterocycles. The molecule has 1 heterocycles. The molecule has 0 bridgehead atoms. The van der Waals surface area contributed by atoms with Gasteiger partial charge in [0.15, 0.2) is 0 Å². The normalized spacial score (nSPS) is 27.6. The molecule has 96 valence electrons. The molecule has 1 aromatic carbocycles. The topological polar surface area (TPSA) is 46.5 Å². The van der Waals surface area contributed by atoms with Gasteiger partial charge in [-0.2, -0.15) is 0 Å². The van der Waals surface area contributed by atoms with Crippen molar-refractivity contribution >= 4 is 5.97 Å². The molecular formula is C15H18O3. The lowest BCUT2D eigenvalue weighted by Crippen LogP contribution is -2.45. The van der Waals surface area contributed by atoms with Gasteiger partial charge in [-0.3, -0.25) is 4.79 Å². The first-order chi connectivity index (χ1) is 8.75. The van der Waals surface area contributed by atoms with E-state index in [-0.39, 0.29) is 5.92 Å². The predicted octanol–water partition coefficient (Wildman–Crippen LogP) is 2.98. The van der Waals surface area contributed by atoms with Crippen molar-refractivity contribution in [1.29, 1.82) is 0 Å². The van der Waals surface area contributed by atoms with Crippen LogP contribution in [0.4, 0.5) is 0 Å². The lowest BCUT2D eigenvalue weighted by Gasteiger charge is -2.39. The molecule has 3 nitrogen and oxygen atoms in total. The minimum Gasteiger partial charge on any atom is -0.493 e. The molecule has 3 heteroatoms. The fourth-order valence-electron chi connectivity index (χ4n) is 3.66. The van der Waals surface area contributed by atoms with Crippen molar-refractivity contribution in [2.75, 3.05) is 6.61 Å². The van der Waals surface area contributed by atoms with E-state index in [0.717, 1.165) is 37.0 Å². The maximum Gasteiger partial charge on any atom is 0.314 e. The Kier molecular flexibility index (Phi) is 2.77. The maximum atomic E-state index is 12.0. The van der Waals surface area contributed by atoms with Crippen LogP contribution in [0.5, 0.6) is 5.75 Å². The molecule has 1 unspecified atom stereocenters. The number of benzene rings is 1. The number of fused-ring (bicyclic) bond motifs is 1. The second kappa shape index (κ2) is 4.30. The van der Waals surface area contributed by atoms with Crippen molar-refractivity contribution in [1.82, 2.24) is 0 Å². The highest BCUT2D eigenvalue weighted by Crippen LogP contribution is 2.49. The van der Waals surface area contributed by atoms with Gasteiger partial charge in [-0.1, -0.05) is 31.0 Å². The van der Waals surface area contributed by atoms with Crippen molar-refractivity contribution in [2.45, 2.75) is 37.5 Å². The summed E-state index contributed by atoms with van der Waals surface area (Å²) in [5.74, 6) is 0.350. The molecule has 1 N–H and O–H groups in total. The van der Waals surface area contributed by atoms with Crippen LogP contribution in [-0.4, -0.2) is 17.7 Å². The second-order valence-electron chi connectivity index (χ2n) is 5.35. The highest BCUT2D eigenvalue weighted by molar-refractivity contribution is 5.83. The van der Waals surface area contributed by atoms with Crippen LogP contribution in [0.15, 0.2) is 24.3 Å².